The van der Waals surface area contributed by atoms with Gasteiger partial charge >= 0.3 is 6.09 Å². The van der Waals surface area contributed by atoms with Crippen LogP contribution in [0.25, 0.3) is 10.9 Å². The molecule has 0 saturated heterocycles. The monoisotopic (exact) mass is 525 g/mol. The number of aryl methyl sites for hydroxylation is 1. The first-order valence-electron chi connectivity index (χ1n) is 13.5. The summed E-state index contributed by atoms with van der Waals surface area (Å²) in [7, 11) is 3.36. The number of benzene rings is 3. The van der Waals surface area contributed by atoms with Crippen LogP contribution in [0.15, 0.2) is 79.0 Å². The number of para-hydroxylation sites is 1. The number of ether oxygens (including phenoxy) is 3. The second-order valence-electron chi connectivity index (χ2n) is 9.72. The van der Waals surface area contributed by atoms with Crippen molar-refractivity contribution >= 4 is 22.7 Å². The van der Waals surface area contributed by atoms with E-state index in [9.17, 15) is 4.79 Å². The predicted molar refractivity (Wildman–Crippen MR) is 154 cm³/mol. The molecular weight excluding hydrogens is 490 g/mol. The zero-order chi connectivity index (χ0) is 27.0. The van der Waals surface area contributed by atoms with Crippen LogP contribution in [0.2, 0.25) is 0 Å². The van der Waals surface area contributed by atoms with Gasteiger partial charge in [0, 0.05) is 30.7 Å². The summed E-state index contributed by atoms with van der Waals surface area (Å²) in [5, 5.41) is 3.75. The van der Waals surface area contributed by atoms with Gasteiger partial charge in [-0.1, -0.05) is 48.5 Å². The van der Waals surface area contributed by atoms with Gasteiger partial charge in [-0.15, -0.1) is 0 Å². The lowest BCUT2D eigenvalue weighted by Crippen LogP contribution is -2.37. The van der Waals surface area contributed by atoms with Gasteiger partial charge in [0.05, 0.1) is 32.0 Å². The lowest BCUT2D eigenvalue weighted by Gasteiger charge is -2.38. The van der Waals surface area contributed by atoms with E-state index in [0.717, 1.165) is 61.2 Å². The molecular formula is C32H35N3O4. The largest absolute Gasteiger partial charge is 0.493 e. The molecule has 7 heteroatoms. The highest BCUT2D eigenvalue weighted by molar-refractivity contribution is 5.98. The Morgan fingerprint density at radius 2 is 1.77 bits per heavy atom. The Morgan fingerprint density at radius 3 is 2.59 bits per heavy atom. The van der Waals surface area contributed by atoms with E-state index >= 15 is 0 Å². The molecule has 0 saturated carbocycles. The van der Waals surface area contributed by atoms with Gasteiger partial charge in [-0.2, -0.15) is 0 Å². The topological polar surface area (TPSA) is 72.9 Å². The zero-order valence-corrected chi connectivity index (χ0v) is 22.6. The number of amides is 1. The number of hydrogen-bond donors (Lipinski definition) is 1. The van der Waals surface area contributed by atoms with Crippen molar-refractivity contribution in [1.29, 1.82) is 0 Å². The smallest absolute Gasteiger partial charge is 0.411 e. The van der Waals surface area contributed by atoms with Crippen LogP contribution in [-0.4, -0.2) is 49.9 Å². The number of carbonyl (C=O) groups excluding carboxylic acids is 1. The van der Waals surface area contributed by atoms with E-state index in [2.05, 4.69) is 57.7 Å². The van der Waals surface area contributed by atoms with Gasteiger partial charge in [0.15, 0.2) is 11.5 Å². The van der Waals surface area contributed by atoms with E-state index in [1.54, 1.807) is 26.5 Å². The lowest BCUT2D eigenvalue weighted by atomic mass is 9.88. The summed E-state index contributed by atoms with van der Waals surface area (Å²) < 4.78 is 16.8. The van der Waals surface area contributed by atoms with Crippen LogP contribution in [-0.2, 0) is 17.6 Å². The fourth-order valence-corrected chi connectivity index (χ4v) is 5.42. The molecule has 7 nitrogen and oxygen atoms in total. The number of methoxy groups -OCH3 is 2. The first-order chi connectivity index (χ1) is 19.2. The third-order valence-corrected chi connectivity index (χ3v) is 7.37. The lowest BCUT2D eigenvalue weighted by molar-refractivity contribution is 0.134. The molecule has 2 heterocycles. The minimum atomic E-state index is -0.451. The van der Waals surface area contributed by atoms with Gasteiger partial charge in [-0.05, 0) is 66.6 Å². The number of nitrogens with zero attached hydrogens (tertiary/aromatic N) is 2. The molecule has 202 valence electrons. The average molecular weight is 526 g/mol. The number of carbonyl (C=O) groups is 1. The quantitative estimate of drug-likeness (QED) is 0.241. The summed E-state index contributed by atoms with van der Waals surface area (Å²) in [5.41, 5.74) is 5.45. The van der Waals surface area contributed by atoms with E-state index in [4.69, 9.17) is 14.2 Å². The molecule has 0 aliphatic carbocycles. The number of hydrogen-bond acceptors (Lipinski definition) is 6. The van der Waals surface area contributed by atoms with Crippen molar-refractivity contribution in [2.24, 2.45) is 0 Å². The molecule has 1 aliphatic heterocycles. The fraction of sp³-hybridized carbons (Fsp3) is 0.312. The second kappa shape index (κ2) is 12.6. The molecule has 1 atom stereocenters. The minimum absolute atomic E-state index is 0.241. The molecule has 39 heavy (non-hydrogen) atoms. The average Bonchev–Trinajstić information content (AvgIpc) is 2.98. The molecule has 1 aromatic heterocycles. The number of rotatable bonds is 10. The summed E-state index contributed by atoms with van der Waals surface area (Å²) >= 11 is 0. The van der Waals surface area contributed by atoms with Crippen LogP contribution in [0.1, 0.15) is 35.6 Å². The van der Waals surface area contributed by atoms with Crippen LogP contribution >= 0.6 is 0 Å². The van der Waals surface area contributed by atoms with E-state index in [-0.39, 0.29) is 6.04 Å². The summed E-state index contributed by atoms with van der Waals surface area (Å²) in [6.07, 6.45) is 4.89. The Labute approximate surface area is 229 Å². The minimum Gasteiger partial charge on any atom is -0.493 e. The Morgan fingerprint density at radius 1 is 1.00 bits per heavy atom. The van der Waals surface area contributed by atoms with Gasteiger partial charge in [0.2, 0.25) is 0 Å². The van der Waals surface area contributed by atoms with Crippen molar-refractivity contribution in [3.05, 3.63) is 95.7 Å². The molecule has 0 fully saturated rings. The molecule has 0 spiro atoms. The fourth-order valence-electron chi connectivity index (χ4n) is 5.42. The van der Waals surface area contributed by atoms with E-state index in [1.165, 1.54) is 16.7 Å². The molecule has 0 bridgehead atoms. The third kappa shape index (κ3) is 6.32. The molecule has 1 amide bonds. The normalized spacial score (nSPS) is 15.0. The first kappa shape index (κ1) is 26.5. The molecule has 4 aromatic rings. The van der Waals surface area contributed by atoms with Crippen molar-refractivity contribution in [3.63, 3.8) is 0 Å². The van der Waals surface area contributed by atoms with Gasteiger partial charge < -0.3 is 14.2 Å². The van der Waals surface area contributed by atoms with Gasteiger partial charge in [-0.25, -0.2) is 4.79 Å². The maximum atomic E-state index is 12.5. The van der Waals surface area contributed by atoms with Crippen LogP contribution in [0.4, 0.5) is 10.5 Å². The number of nitrogens with one attached hydrogen (secondary N) is 1. The van der Waals surface area contributed by atoms with Crippen molar-refractivity contribution < 1.29 is 19.0 Å². The van der Waals surface area contributed by atoms with Gasteiger partial charge in [-0.3, -0.25) is 15.2 Å². The molecule has 1 unspecified atom stereocenters. The number of pyridine rings is 1. The van der Waals surface area contributed by atoms with Gasteiger partial charge in [0.1, 0.15) is 0 Å². The van der Waals surface area contributed by atoms with Gasteiger partial charge in [0.25, 0.3) is 0 Å². The molecule has 3 aromatic carbocycles. The van der Waals surface area contributed by atoms with E-state index in [1.807, 2.05) is 24.3 Å². The number of fused-ring (bicyclic) bond motifs is 2. The van der Waals surface area contributed by atoms with E-state index in [0.29, 0.717) is 12.3 Å². The summed E-state index contributed by atoms with van der Waals surface area (Å²) in [6, 6.07) is 24.6. The Balaban J connectivity index is 1.22. The van der Waals surface area contributed by atoms with Crippen LogP contribution in [0, 0.1) is 0 Å². The third-order valence-electron chi connectivity index (χ3n) is 7.37. The highest BCUT2D eigenvalue weighted by Gasteiger charge is 2.28. The summed E-state index contributed by atoms with van der Waals surface area (Å²) in [6.45, 7) is 2.12. The first-order valence-corrected chi connectivity index (χ1v) is 13.5. The summed E-state index contributed by atoms with van der Waals surface area (Å²) in [4.78, 5) is 19.4. The Kier molecular flexibility index (Phi) is 8.58. The highest BCUT2D eigenvalue weighted by Crippen LogP contribution is 2.40. The molecule has 1 N–H and O–H groups in total. The molecule has 1 aliphatic rings. The zero-order valence-electron chi connectivity index (χ0n) is 22.6. The Hall–Kier alpha value is -4.10. The van der Waals surface area contributed by atoms with Crippen molar-refractivity contribution in [2.75, 3.05) is 39.2 Å². The SMILES string of the molecule is COc1cc2c(cc1OC)C(CCc1ccccc1)N(CCCOC(=O)Nc1ccnc3ccccc13)CC2. The maximum absolute atomic E-state index is 12.5. The Bertz CT molecular complexity index is 1400. The van der Waals surface area contributed by atoms with Crippen LogP contribution < -0.4 is 14.8 Å². The van der Waals surface area contributed by atoms with Crippen molar-refractivity contribution in [2.45, 2.75) is 31.7 Å². The second-order valence-corrected chi connectivity index (χ2v) is 9.72. The predicted octanol–water partition coefficient (Wildman–Crippen LogP) is 6.42. The van der Waals surface area contributed by atoms with Crippen LogP contribution in [0.5, 0.6) is 11.5 Å². The summed E-state index contributed by atoms with van der Waals surface area (Å²) in [5.74, 6) is 1.53. The molecule has 0 radical (unpaired) electrons. The standard InChI is InChI=1S/C32H35N3O4/c1-37-30-21-24-16-19-35(29(26(24)22-31(30)38-2)14-13-23-9-4-3-5-10-23)18-8-20-39-32(36)34-28-15-17-33-27-12-7-6-11-25(27)28/h3-7,9-12,15,17,21-22,29H,8,13-14,16,18-20H2,1-2H3,(H,33,34,36). The highest BCUT2D eigenvalue weighted by atomic mass is 16.5. The maximum Gasteiger partial charge on any atom is 0.411 e. The van der Waals surface area contributed by atoms with Crippen molar-refractivity contribution in [3.8, 4) is 11.5 Å². The van der Waals surface area contributed by atoms with Crippen LogP contribution in [0.3, 0.4) is 0 Å². The number of aromatic nitrogens is 1. The number of anilines is 1. The van der Waals surface area contributed by atoms with E-state index < -0.39 is 6.09 Å². The molecule has 5 rings (SSSR count). The van der Waals surface area contributed by atoms with Crippen molar-refractivity contribution in [1.82, 2.24) is 9.88 Å².